The monoisotopic (exact) mass is 318 g/mol. The Labute approximate surface area is 121 Å². The van der Waals surface area contributed by atoms with Crippen molar-refractivity contribution in [3.8, 4) is 0 Å². The van der Waals surface area contributed by atoms with Gasteiger partial charge in [-0.15, -0.1) is 0 Å². The van der Waals surface area contributed by atoms with Gasteiger partial charge in [-0.3, -0.25) is 0 Å². The first-order valence-electron chi connectivity index (χ1n) is 5.55. The van der Waals surface area contributed by atoms with E-state index in [1.807, 2.05) is 5.32 Å². The molecule has 0 atom stereocenters. The number of carbonyl (C=O) groups is 1. The van der Waals surface area contributed by atoms with Gasteiger partial charge < -0.3 is 10.6 Å². The van der Waals surface area contributed by atoms with E-state index in [4.69, 9.17) is 11.6 Å². The minimum absolute atomic E-state index is 0.141. The second-order valence-electron chi connectivity index (χ2n) is 3.93. The molecule has 0 heterocycles. The number of hydrogen-bond acceptors (Lipinski definition) is 1. The van der Waals surface area contributed by atoms with Gasteiger partial charge in [0, 0.05) is 5.69 Å². The highest BCUT2D eigenvalue weighted by Crippen LogP contribution is 2.21. The van der Waals surface area contributed by atoms with Gasteiger partial charge in [-0.1, -0.05) is 11.6 Å². The second-order valence-corrected chi connectivity index (χ2v) is 4.34. The highest BCUT2D eigenvalue weighted by Gasteiger charge is 2.15. The molecule has 2 rings (SSSR count). The molecular weight excluding hydrogens is 312 g/mol. The second kappa shape index (κ2) is 6.01. The Morgan fingerprint density at radius 1 is 0.905 bits per heavy atom. The predicted molar refractivity (Wildman–Crippen MR) is 70.4 cm³/mol. The van der Waals surface area contributed by atoms with E-state index in [1.165, 1.54) is 6.07 Å². The average molecular weight is 319 g/mol. The van der Waals surface area contributed by atoms with Crippen LogP contribution in [0.2, 0.25) is 5.02 Å². The van der Waals surface area contributed by atoms with Crippen LogP contribution in [-0.4, -0.2) is 6.03 Å². The smallest absolute Gasteiger partial charge is 0.308 e. The topological polar surface area (TPSA) is 41.1 Å². The molecule has 0 saturated heterocycles. The molecule has 0 spiro atoms. The van der Waals surface area contributed by atoms with Crippen LogP contribution in [0.15, 0.2) is 30.3 Å². The van der Waals surface area contributed by atoms with Crippen molar-refractivity contribution in [2.75, 3.05) is 10.6 Å². The first-order chi connectivity index (χ1) is 9.88. The average Bonchev–Trinajstić information content (AvgIpc) is 2.44. The van der Waals surface area contributed by atoms with Gasteiger partial charge in [0.15, 0.2) is 17.5 Å². The van der Waals surface area contributed by atoms with Crippen molar-refractivity contribution in [2.24, 2.45) is 0 Å². The number of amides is 2. The van der Waals surface area contributed by atoms with Gasteiger partial charge in [-0.2, -0.15) is 0 Å². The summed E-state index contributed by atoms with van der Waals surface area (Å²) in [7, 11) is 0. The van der Waals surface area contributed by atoms with Gasteiger partial charge in [0.2, 0.25) is 0 Å². The normalized spacial score (nSPS) is 10.3. The van der Waals surface area contributed by atoms with Crippen LogP contribution in [0.25, 0.3) is 0 Å². The van der Waals surface area contributed by atoms with Crippen molar-refractivity contribution >= 4 is 29.0 Å². The summed E-state index contributed by atoms with van der Waals surface area (Å²) in [6, 6.07) is 3.99. The maximum Gasteiger partial charge on any atom is 0.323 e. The fourth-order valence-electron chi connectivity index (χ4n) is 1.48. The molecule has 2 aromatic rings. The standard InChI is InChI=1S/C13H7ClF4N2O/c14-7-5-6(1-2-8(7)15)19-13(21)20-10-4-3-9(16)11(17)12(10)18/h1-5H,(H2,19,20,21). The van der Waals surface area contributed by atoms with Crippen molar-refractivity contribution in [1.82, 2.24) is 0 Å². The summed E-state index contributed by atoms with van der Waals surface area (Å²) in [4.78, 5) is 11.6. The summed E-state index contributed by atoms with van der Waals surface area (Å²) < 4.78 is 52.0. The SMILES string of the molecule is O=C(Nc1ccc(F)c(Cl)c1)Nc1ccc(F)c(F)c1F. The molecule has 0 aromatic heterocycles. The fraction of sp³-hybridized carbons (Fsp3) is 0. The lowest BCUT2D eigenvalue weighted by molar-refractivity contribution is 0.262. The molecular formula is C13H7ClF4N2O. The Hall–Kier alpha value is -2.28. The Balaban J connectivity index is 2.12. The number of nitrogens with one attached hydrogen (secondary N) is 2. The molecule has 0 saturated carbocycles. The van der Waals surface area contributed by atoms with Gasteiger partial charge in [0.25, 0.3) is 0 Å². The van der Waals surface area contributed by atoms with Gasteiger partial charge >= 0.3 is 6.03 Å². The van der Waals surface area contributed by atoms with E-state index in [1.54, 1.807) is 0 Å². The molecule has 0 radical (unpaired) electrons. The summed E-state index contributed by atoms with van der Waals surface area (Å²) >= 11 is 5.52. The van der Waals surface area contributed by atoms with Crippen LogP contribution in [0.3, 0.4) is 0 Å². The molecule has 0 unspecified atom stereocenters. The van der Waals surface area contributed by atoms with Crippen molar-refractivity contribution in [3.05, 3.63) is 58.6 Å². The Morgan fingerprint density at radius 2 is 1.57 bits per heavy atom. The lowest BCUT2D eigenvalue weighted by Crippen LogP contribution is -2.20. The molecule has 2 aromatic carbocycles. The van der Waals surface area contributed by atoms with E-state index in [0.29, 0.717) is 6.07 Å². The summed E-state index contributed by atoms with van der Waals surface area (Å²) in [5, 5.41) is 4.01. The Morgan fingerprint density at radius 3 is 2.24 bits per heavy atom. The predicted octanol–water partition coefficient (Wildman–Crippen LogP) is 4.54. The van der Waals surface area contributed by atoms with Crippen LogP contribution >= 0.6 is 11.6 Å². The highest BCUT2D eigenvalue weighted by molar-refractivity contribution is 6.31. The Bertz CT molecular complexity index is 709. The van der Waals surface area contributed by atoms with Gasteiger partial charge in [0.1, 0.15) is 5.82 Å². The first-order valence-corrected chi connectivity index (χ1v) is 5.93. The zero-order chi connectivity index (χ0) is 15.6. The zero-order valence-corrected chi connectivity index (χ0v) is 10.9. The summed E-state index contributed by atoms with van der Waals surface area (Å²) in [6.45, 7) is 0. The van der Waals surface area contributed by atoms with Gasteiger partial charge in [-0.25, -0.2) is 22.4 Å². The number of benzene rings is 2. The maximum absolute atomic E-state index is 13.4. The fourth-order valence-corrected chi connectivity index (χ4v) is 1.66. The lowest BCUT2D eigenvalue weighted by Gasteiger charge is -2.09. The Kier molecular flexibility index (Phi) is 4.32. The third kappa shape index (κ3) is 3.43. The number of halogens is 5. The van der Waals surface area contributed by atoms with Crippen molar-refractivity contribution in [3.63, 3.8) is 0 Å². The van der Waals surface area contributed by atoms with E-state index in [0.717, 1.165) is 18.2 Å². The third-order valence-electron chi connectivity index (χ3n) is 2.46. The number of carbonyl (C=O) groups excluding carboxylic acids is 1. The van der Waals surface area contributed by atoms with E-state index < -0.39 is 35.0 Å². The van der Waals surface area contributed by atoms with Crippen molar-refractivity contribution in [2.45, 2.75) is 0 Å². The van der Waals surface area contributed by atoms with Crippen LogP contribution in [0.1, 0.15) is 0 Å². The number of rotatable bonds is 2. The van der Waals surface area contributed by atoms with Crippen molar-refractivity contribution < 1.29 is 22.4 Å². The van der Waals surface area contributed by atoms with Gasteiger partial charge in [0.05, 0.1) is 10.7 Å². The number of hydrogen-bond donors (Lipinski definition) is 2. The number of urea groups is 1. The van der Waals surface area contributed by atoms with Gasteiger partial charge in [-0.05, 0) is 30.3 Å². The minimum Gasteiger partial charge on any atom is -0.308 e. The molecule has 2 amide bonds. The molecule has 0 bridgehead atoms. The third-order valence-corrected chi connectivity index (χ3v) is 2.75. The van der Waals surface area contributed by atoms with Crippen molar-refractivity contribution in [1.29, 1.82) is 0 Å². The minimum atomic E-state index is -1.70. The van der Waals surface area contributed by atoms with E-state index in [9.17, 15) is 22.4 Å². The van der Waals surface area contributed by atoms with Crippen LogP contribution in [-0.2, 0) is 0 Å². The molecule has 8 heteroatoms. The molecule has 0 fully saturated rings. The molecule has 21 heavy (non-hydrogen) atoms. The lowest BCUT2D eigenvalue weighted by atomic mass is 10.3. The largest absolute Gasteiger partial charge is 0.323 e. The number of anilines is 2. The molecule has 3 nitrogen and oxygen atoms in total. The van der Waals surface area contributed by atoms with E-state index in [2.05, 4.69) is 5.32 Å². The maximum atomic E-state index is 13.4. The van der Waals surface area contributed by atoms with Crippen LogP contribution in [0.5, 0.6) is 0 Å². The van der Waals surface area contributed by atoms with Crippen LogP contribution in [0.4, 0.5) is 33.7 Å². The molecule has 2 N–H and O–H groups in total. The highest BCUT2D eigenvalue weighted by atomic mass is 35.5. The zero-order valence-electron chi connectivity index (χ0n) is 10.2. The quantitative estimate of drug-likeness (QED) is 0.619. The molecule has 0 aliphatic rings. The van der Waals surface area contributed by atoms with Crippen LogP contribution < -0.4 is 10.6 Å². The first kappa shape index (κ1) is 15.1. The van der Waals surface area contributed by atoms with Crippen LogP contribution in [0, 0.1) is 23.3 Å². The summed E-state index contributed by atoms with van der Waals surface area (Å²) in [6.07, 6.45) is 0. The van der Waals surface area contributed by atoms with E-state index in [-0.39, 0.29) is 10.7 Å². The van der Waals surface area contributed by atoms with E-state index >= 15 is 0 Å². The molecule has 0 aliphatic heterocycles. The molecule has 110 valence electrons. The molecule has 0 aliphatic carbocycles. The summed E-state index contributed by atoms with van der Waals surface area (Å²) in [5.74, 6) is -5.27. The summed E-state index contributed by atoms with van der Waals surface area (Å²) in [5.41, 5.74) is -0.401.